The Morgan fingerprint density at radius 3 is 2.42 bits per heavy atom. The number of nitrogen functional groups attached to an aromatic ring is 1. The Kier molecular flexibility index (Phi) is 9.87. The van der Waals surface area contributed by atoms with Crippen LogP contribution in [0, 0.1) is 0 Å². The zero-order valence-corrected chi connectivity index (χ0v) is 24.5. The van der Waals surface area contributed by atoms with Gasteiger partial charge in [-0.15, -0.1) is 0 Å². The number of aromatic amines is 1. The van der Waals surface area contributed by atoms with Crippen LogP contribution in [0.15, 0.2) is 53.3 Å². The molecule has 0 saturated carbocycles. The summed E-state index contributed by atoms with van der Waals surface area (Å²) in [6.07, 6.45) is 0.229. The highest BCUT2D eigenvalue weighted by Crippen LogP contribution is 2.19. The molecule has 1 fully saturated rings. The van der Waals surface area contributed by atoms with Crippen LogP contribution in [-0.4, -0.2) is 95.6 Å². The minimum absolute atomic E-state index is 0.215. The third-order valence-corrected chi connectivity index (χ3v) is 7.36. The zero-order valence-electron chi connectivity index (χ0n) is 24.5. The number of rotatable bonds is 13. The second kappa shape index (κ2) is 14.1. The van der Waals surface area contributed by atoms with Gasteiger partial charge in [-0.25, -0.2) is 4.79 Å². The van der Waals surface area contributed by atoms with Gasteiger partial charge in [-0.05, 0) is 28.8 Å². The predicted molar refractivity (Wildman–Crippen MR) is 163 cm³/mol. The number of H-pyrrole nitrogens is 1. The molecule has 2 aromatic carbocycles. The molecule has 3 heterocycles. The number of hydrogen-bond acceptors (Lipinski definition) is 11. The SMILES string of the molecule is COCCNc1nc(N)c2[nH]c(=O)n(Cc3ccc(CN4CCN(COc5cccc(CC(=O)OC)c5)CC4)cc3)c2n1. The van der Waals surface area contributed by atoms with Gasteiger partial charge in [0.1, 0.15) is 18.0 Å². The van der Waals surface area contributed by atoms with E-state index in [1.165, 1.54) is 12.7 Å². The molecule has 0 radical (unpaired) electrons. The normalized spacial score (nSPS) is 14.2. The Hall–Kier alpha value is -4.46. The van der Waals surface area contributed by atoms with E-state index in [0.29, 0.717) is 43.5 Å². The van der Waals surface area contributed by atoms with E-state index < -0.39 is 0 Å². The quantitative estimate of drug-likeness (QED) is 0.154. The van der Waals surface area contributed by atoms with Gasteiger partial charge in [0, 0.05) is 46.4 Å². The zero-order chi connectivity index (χ0) is 30.2. The van der Waals surface area contributed by atoms with E-state index >= 15 is 0 Å². The fourth-order valence-corrected chi connectivity index (χ4v) is 4.96. The Balaban J connectivity index is 1.12. The third kappa shape index (κ3) is 7.89. The van der Waals surface area contributed by atoms with Crippen molar-refractivity contribution in [1.82, 2.24) is 29.3 Å². The number of nitrogens with zero attached hydrogens (tertiary/aromatic N) is 5. The summed E-state index contributed by atoms with van der Waals surface area (Å²) >= 11 is 0. The molecule has 1 aliphatic rings. The van der Waals surface area contributed by atoms with E-state index in [1.807, 2.05) is 36.4 Å². The van der Waals surface area contributed by atoms with Crippen LogP contribution in [0.1, 0.15) is 16.7 Å². The number of esters is 1. The molecule has 0 amide bonds. The lowest BCUT2D eigenvalue weighted by molar-refractivity contribution is -0.139. The monoisotopic (exact) mass is 590 g/mol. The number of fused-ring (bicyclic) bond motifs is 1. The second-order valence-corrected chi connectivity index (χ2v) is 10.5. The first-order valence-electron chi connectivity index (χ1n) is 14.2. The summed E-state index contributed by atoms with van der Waals surface area (Å²) in [7, 11) is 3.01. The molecular formula is C30H38N8O5. The summed E-state index contributed by atoms with van der Waals surface area (Å²) in [5, 5.41) is 3.07. The molecule has 4 N–H and O–H groups in total. The van der Waals surface area contributed by atoms with Gasteiger partial charge in [-0.3, -0.25) is 19.2 Å². The highest BCUT2D eigenvalue weighted by Gasteiger charge is 2.18. The van der Waals surface area contributed by atoms with Crippen molar-refractivity contribution in [2.45, 2.75) is 19.5 Å². The number of anilines is 2. The van der Waals surface area contributed by atoms with Gasteiger partial charge in [-0.2, -0.15) is 9.97 Å². The van der Waals surface area contributed by atoms with Crippen molar-refractivity contribution in [3.8, 4) is 5.75 Å². The minimum atomic E-state index is -0.287. The van der Waals surface area contributed by atoms with Crippen molar-refractivity contribution in [2.24, 2.45) is 0 Å². The van der Waals surface area contributed by atoms with Gasteiger partial charge in [0.25, 0.3) is 0 Å². The summed E-state index contributed by atoms with van der Waals surface area (Å²) in [4.78, 5) is 40.5. The van der Waals surface area contributed by atoms with E-state index in [0.717, 1.165) is 49.6 Å². The number of carbonyl (C=O) groups excluding carboxylic acids is 1. The van der Waals surface area contributed by atoms with Crippen molar-refractivity contribution >= 4 is 28.9 Å². The van der Waals surface area contributed by atoms with E-state index in [2.05, 4.69) is 42.2 Å². The Labute approximate surface area is 249 Å². The molecule has 0 aliphatic carbocycles. The largest absolute Gasteiger partial charge is 0.478 e. The topological polar surface area (TPSA) is 153 Å². The fraction of sp³-hybridized carbons (Fsp3) is 0.400. The first kappa shape index (κ1) is 30.0. The molecule has 1 aliphatic heterocycles. The van der Waals surface area contributed by atoms with Crippen molar-refractivity contribution in [3.05, 3.63) is 75.7 Å². The van der Waals surface area contributed by atoms with Crippen LogP contribution >= 0.6 is 0 Å². The lowest BCUT2D eigenvalue weighted by atomic mass is 10.1. The molecule has 0 spiro atoms. The average molecular weight is 591 g/mol. The lowest BCUT2D eigenvalue weighted by Crippen LogP contribution is -2.47. The van der Waals surface area contributed by atoms with Gasteiger partial charge in [0.2, 0.25) is 5.95 Å². The number of ether oxygens (including phenoxy) is 3. The molecular weight excluding hydrogens is 552 g/mol. The van der Waals surface area contributed by atoms with E-state index in [-0.39, 0.29) is 23.9 Å². The van der Waals surface area contributed by atoms with Gasteiger partial charge < -0.3 is 30.2 Å². The molecule has 13 nitrogen and oxygen atoms in total. The molecule has 4 aromatic rings. The van der Waals surface area contributed by atoms with Gasteiger partial charge in [0.05, 0.1) is 26.7 Å². The summed E-state index contributed by atoms with van der Waals surface area (Å²) in [5.41, 5.74) is 9.74. The molecule has 43 heavy (non-hydrogen) atoms. The number of aromatic nitrogens is 4. The van der Waals surface area contributed by atoms with Crippen molar-refractivity contribution in [3.63, 3.8) is 0 Å². The number of imidazole rings is 1. The number of piperazine rings is 1. The molecule has 1 saturated heterocycles. The summed E-state index contributed by atoms with van der Waals surface area (Å²) in [6, 6.07) is 15.9. The summed E-state index contributed by atoms with van der Waals surface area (Å²) < 4.78 is 17.4. The fourth-order valence-electron chi connectivity index (χ4n) is 4.96. The van der Waals surface area contributed by atoms with Crippen LogP contribution in [0.5, 0.6) is 5.75 Å². The maximum Gasteiger partial charge on any atom is 0.328 e. The first-order valence-corrected chi connectivity index (χ1v) is 14.2. The third-order valence-electron chi connectivity index (χ3n) is 7.36. The smallest absolute Gasteiger partial charge is 0.328 e. The maximum absolute atomic E-state index is 12.7. The highest BCUT2D eigenvalue weighted by atomic mass is 16.5. The number of carbonyl (C=O) groups is 1. The minimum Gasteiger partial charge on any atom is -0.478 e. The summed E-state index contributed by atoms with van der Waals surface area (Å²) in [5.74, 6) is 1.04. The number of nitrogens with two attached hydrogens (primary N) is 1. The van der Waals surface area contributed by atoms with E-state index in [1.54, 1.807) is 11.7 Å². The number of benzene rings is 2. The standard InChI is InChI=1S/C30H38N8O5/c1-41-15-10-32-29-34-27(31)26-28(35-29)38(30(40)33-26)19-22-8-6-21(7-9-22)18-36-11-13-37(14-12-36)20-43-24-5-3-4-23(16-24)17-25(39)42-2/h3-9,16H,10-15,17-20H2,1-2H3,(H,33,40)(H3,31,32,34,35). The predicted octanol–water partition coefficient (Wildman–Crippen LogP) is 1.68. The Bertz CT molecular complexity index is 1580. The van der Waals surface area contributed by atoms with Crippen LogP contribution in [-0.2, 0) is 33.8 Å². The molecule has 228 valence electrons. The van der Waals surface area contributed by atoms with Crippen molar-refractivity contribution in [1.29, 1.82) is 0 Å². The Morgan fingerprint density at radius 2 is 1.70 bits per heavy atom. The molecule has 5 rings (SSSR count). The van der Waals surface area contributed by atoms with Crippen molar-refractivity contribution < 1.29 is 19.0 Å². The van der Waals surface area contributed by atoms with E-state index in [4.69, 9.17) is 19.9 Å². The molecule has 0 atom stereocenters. The van der Waals surface area contributed by atoms with Crippen LogP contribution in [0.25, 0.3) is 11.2 Å². The Morgan fingerprint density at radius 1 is 0.977 bits per heavy atom. The highest BCUT2D eigenvalue weighted by molar-refractivity contribution is 5.82. The first-order chi connectivity index (χ1) is 20.9. The molecule has 0 unspecified atom stereocenters. The lowest BCUT2D eigenvalue weighted by Gasteiger charge is -2.34. The summed E-state index contributed by atoms with van der Waals surface area (Å²) in [6.45, 7) is 6.38. The molecule has 2 aromatic heterocycles. The van der Waals surface area contributed by atoms with Gasteiger partial charge >= 0.3 is 11.7 Å². The molecule has 13 heteroatoms. The van der Waals surface area contributed by atoms with Gasteiger partial charge in [0.15, 0.2) is 11.5 Å². The maximum atomic E-state index is 12.7. The number of methoxy groups -OCH3 is 2. The van der Waals surface area contributed by atoms with Crippen LogP contribution < -0.4 is 21.5 Å². The van der Waals surface area contributed by atoms with E-state index in [9.17, 15) is 9.59 Å². The van der Waals surface area contributed by atoms with Crippen molar-refractivity contribution in [2.75, 3.05) is 71.3 Å². The number of hydrogen-bond donors (Lipinski definition) is 3. The molecule has 0 bridgehead atoms. The van der Waals surface area contributed by atoms with Crippen LogP contribution in [0.3, 0.4) is 0 Å². The average Bonchev–Trinajstić information content (AvgIpc) is 3.33. The van der Waals surface area contributed by atoms with Crippen LogP contribution in [0.2, 0.25) is 0 Å². The number of nitrogens with one attached hydrogen (secondary N) is 2. The second-order valence-electron chi connectivity index (χ2n) is 10.5. The van der Waals surface area contributed by atoms with Crippen LogP contribution in [0.4, 0.5) is 11.8 Å². The van der Waals surface area contributed by atoms with Gasteiger partial charge in [-0.1, -0.05) is 36.4 Å².